The number of amides is 1. The van der Waals surface area contributed by atoms with E-state index in [-0.39, 0.29) is 11.9 Å². The number of hydrogen-bond acceptors (Lipinski definition) is 5. The van der Waals surface area contributed by atoms with Gasteiger partial charge in [0.05, 0.1) is 30.0 Å². The maximum absolute atomic E-state index is 13.1. The SMILES string of the molecule is Cc1ccc(CC(=O)N2CCC[C@@H]2c2[nH]ncc2-c2ccnc(N(C)C)n2)cc1. The molecule has 0 aliphatic carbocycles. The van der Waals surface area contributed by atoms with E-state index in [0.29, 0.717) is 12.4 Å². The molecule has 2 aromatic heterocycles. The Bertz CT molecular complexity index is 995. The zero-order valence-corrected chi connectivity index (χ0v) is 17.1. The quantitative estimate of drug-likeness (QED) is 0.724. The Morgan fingerprint density at radius 2 is 2.03 bits per heavy atom. The van der Waals surface area contributed by atoms with Crippen LogP contribution >= 0.6 is 0 Å². The van der Waals surface area contributed by atoms with Gasteiger partial charge in [-0.3, -0.25) is 9.89 Å². The first kappa shape index (κ1) is 19.1. The molecular formula is C22H26N6O. The van der Waals surface area contributed by atoms with Gasteiger partial charge in [-0.1, -0.05) is 29.8 Å². The van der Waals surface area contributed by atoms with Gasteiger partial charge in [0.25, 0.3) is 0 Å². The highest BCUT2D eigenvalue weighted by Gasteiger charge is 2.33. The fraction of sp³-hybridized carbons (Fsp3) is 0.364. The van der Waals surface area contributed by atoms with Crippen LogP contribution in [0.25, 0.3) is 11.3 Å². The fourth-order valence-electron chi connectivity index (χ4n) is 3.82. The van der Waals surface area contributed by atoms with Gasteiger partial charge in [0, 0.05) is 32.4 Å². The predicted molar refractivity (Wildman–Crippen MR) is 113 cm³/mol. The number of hydrogen-bond donors (Lipinski definition) is 1. The smallest absolute Gasteiger partial charge is 0.227 e. The van der Waals surface area contributed by atoms with Crippen molar-refractivity contribution in [2.45, 2.75) is 32.2 Å². The highest BCUT2D eigenvalue weighted by Crippen LogP contribution is 2.36. The van der Waals surface area contributed by atoms with Crippen LogP contribution in [-0.2, 0) is 11.2 Å². The molecule has 1 N–H and O–H groups in total. The molecule has 7 nitrogen and oxygen atoms in total. The molecule has 0 unspecified atom stereocenters. The second-order valence-corrected chi connectivity index (χ2v) is 7.74. The summed E-state index contributed by atoms with van der Waals surface area (Å²) in [5, 5.41) is 7.40. The number of aromatic amines is 1. The van der Waals surface area contributed by atoms with Crippen molar-refractivity contribution in [2.75, 3.05) is 25.5 Å². The van der Waals surface area contributed by atoms with E-state index >= 15 is 0 Å². The Hall–Kier alpha value is -3.22. The summed E-state index contributed by atoms with van der Waals surface area (Å²) < 4.78 is 0. The molecule has 0 bridgehead atoms. The van der Waals surface area contributed by atoms with Gasteiger partial charge in [0.2, 0.25) is 11.9 Å². The number of benzene rings is 1. The van der Waals surface area contributed by atoms with E-state index in [0.717, 1.165) is 41.9 Å². The van der Waals surface area contributed by atoms with Crippen molar-refractivity contribution < 1.29 is 4.79 Å². The molecule has 1 aromatic carbocycles. The second kappa shape index (κ2) is 8.03. The van der Waals surface area contributed by atoms with Crippen LogP contribution in [0.1, 0.15) is 35.7 Å². The Morgan fingerprint density at radius 1 is 1.24 bits per heavy atom. The minimum Gasteiger partial charge on any atom is -0.347 e. The molecule has 1 fully saturated rings. The highest BCUT2D eigenvalue weighted by atomic mass is 16.2. The number of aryl methyl sites for hydroxylation is 1. The lowest BCUT2D eigenvalue weighted by Gasteiger charge is -2.25. The maximum atomic E-state index is 13.1. The molecule has 1 saturated heterocycles. The van der Waals surface area contributed by atoms with Crippen molar-refractivity contribution in [3.05, 3.63) is 59.5 Å². The number of rotatable bonds is 5. The van der Waals surface area contributed by atoms with Crippen molar-refractivity contribution in [2.24, 2.45) is 0 Å². The van der Waals surface area contributed by atoms with Gasteiger partial charge in [0.15, 0.2) is 0 Å². The molecule has 150 valence electrons. The summed E-state index contributed by atoms with van der Waals surface area (Å²) in [5.41, 5.74) is 4.93. The van der Waals surface area contributed by atoms with Gasteiger partial charge < -0.3 is 9.80 Å². The van der Waals surface area contributed by atoms with E-state index in [1.165, 1.54) is 5.56 Å². The Balaban J connectivity index is 1.58. The Labute approximate surface area is 170 Å². The molecule has 3 heterocycles. The minimum atomic E-state index is -0.0109. The predicted octanol–water partition coefficient (Wildman–Crippen LogP) is 3.15. The lowest BCUT2D eigenvalue weighted by atomic mass is 10.0. The standard InChI is InChI=1S/C22H26N6O/c1-15-6-8-16(9-7-15)13-20(29)28-12-4-5-19(28)21-17(14-24-26-21)18-10-11-23-22(25-18)27(2)3/h6-11,14,19H,4-5,12-13H2,1-3H3,(H,24,26)/t19-/m1/s1. The van der Waals surface area contributed by atoms with Crippen molar-refractivity contribution >= 4 is 11.9 Å². The molecule has 1 aliphatic heterocycles. The number of H-pyrrole nitrogens is 1. The summed E-state index contributed by atoms with van der Waals surface area (Å²) in [5.74, 6) is 0.793. The number of nitrogens with one attached hydrogen (secondary N) is 1. The van der Waals surface area contributed by atoms with Gasteiger partial charge in [0.1, 0.15) is 0 Å². The number of carbonyl (C=O) groups excluding carboxylic acids is 1. The first-order valence-electron chi connectivity index (χ1n) is 9.92. The fourth-order valence-corrected chi connectivity index (χ4v) is 3.82. The average Bonchev–Trinajstić information content (AvgIpc) is 3.39. The molecule has 3 aromatic rings. The summed E-state index contributed by atoms with van der Waals surface area (Å²) in [6.07, 6.45) is 5.86. The number of carbonyl (C=O) groups is 1. The Morgan fingerprint density at radius 3 is 2.79 bits per heavy atom. The van der Waals surface area contributed by atoms with Crippen LogP contribution in [0.3, 0.4) is 0 Å². The second-order valence-electron chi connectivity index (χ2n) is 7.74. The average molecular weight is 390 g/mol. The van der Waals surface area contributed by atoms with Crippen LogP contribution in [0.15, 0.2) is 42.7 Å². The lowest BCUT2D eigenvalue weighted by molar-refractivity contribution is -0.131. The van der Waals surface area contributed by atoms with Gasteiger partial charge >= 0.3 is 0 Å². The van der Waals surface area contributed by atoms with Gasteiger partial charge in [-0.05, 0) is 31.4 Å². The van der Waals surface area contributed by atoms with E-state index in [4.69, 9.17) is 0 Å². The molecule has 29 heavy (non-hydrogen) atoms. The minimum absolute atomic E-state index is 0.0109. The van der Waals surface area contributed by atoms with E-state index < -0.39 is 0 Å². The monoisotopic (exact) mass is 390 g/mol. The van der Waals surface area contributed by atoms with Gasteiger partial charge in [-0.15, -0.1) is 0 Å². The van der Waals surface area contributed by atoms with E-state index in [1.807, 2.05) is 42.1 Å². The number of likely N-dealkylation sites (tertiary alicyclic amines) is 1. The maximum Gasteiger partial charge on any atom is 0.227 e. The van der Waals surface area contributed by atoms with Crippen molar-refractivity contribution in [3.8, 4) is 11.3 Å². The van der Waals surface area contributed by atoms with Crippen LogP contribution in [0.2, 0.25) is 0 Å². The van der Waals surface area contributed by atoms with Crippen LogP contribution < -0.4 is 4.90 Å². The summed E-state index contributed by atoms with van der Waals surface area (Å²) in [6.45, 7) is 2.82. The van der Waals surface area contributed by atoms with Crippen LogP contribution in [0.4, 0.5) is 5.95 Å². The molecule has 1 amide bonds. The first-order valence-corrected chi connectivity index (χ1v) is 9.92. The zero-order chi connectivity index (χ0) is 20.4. The molecule has 0 spiro atoms. The molecule has 4 rings (SSSR count). The lowest BCUT2D eigenvalue weighted by Crippen LogP contribution is -2.32. The molecule has 0 radical (unpaired) electrons. The third kappa shape index (κ3) is 3.99. The summed E-state index contributed by atoms with van der Waals surface area (Å²) in [4.78, 5) is 25.8. The van der Waals surface area contributed by atoms with Crippen molar-refractivity contribution in [3.63, 3.8) is 0 Å². The molecule has 7 heteroatoms. The number of aromatic nitrogens is 4. The number of nitrogens with zero attached hydrogens (tertiary/aromatic N) is 5. The van der Waals surface area contributed by atoms with E-state index in [2.05, 4.69) is 39.2 Å². The van der Waals surface area contributed by atoms with Crippen molar-refractivity contribution in [1.82, 2.24) is 25.1 Å². The summed E-state index contributed by atoms with van der Waals surface area (Å²) in [6, 6.07) is 10.0. The third-order valence-electron chi connectivity index (χ3n) is 5.37. The molecule has 1 aliphatic rings. The van der Waals surface area contributed by atoms with E-state index in [1.54, 1.807) is 12.4 Å². The topological polar surface area (TPSA) is 78.0 Å². The van der Waals surface area contributed by atoms with Crippen molar-refractivity contribution in [1.29, 1.82) is 0 Å². The van der Waals surface area contributed by atoms with Crippen LogP contribution in [-0.4, -0.2) is 51.6 Å². The third-order valence-corrected chi connectivity index (χ3v) is 5.37. The molecule has 1 atom stereocenters. The molecule has 0 saturated carbocycles. The van der Waals surface area contributed by atoms with Gasteiger partial charge in [-0.25, -0.2) is 9.97 Å². The van der Waals surface area contributed by atoms with Crippen LogP contribution in [0.5, 0.6) is 0 Å². The normalized spacial score (nSPS) is 16.2. The zero-order valence-electron chi connectivity index (χ0n) is 17.1. The van der Waals surface area contributed by atoms with E-state index in [9.17, 15) is 4.79 Å². The highest BCUT2D eigenvalue weighted by molar-refractivity contribution is 5.80. The van der Waals surface area contributed by atoms with Crippen LogP contribution in [0, 0.1) is 6.92 Å². The largest absolute Gasteiger partial charge is 0.347 e. The Kier molecular flexibility index (Phi) is 5.29. The summed E-state index contributed by atoms with van der Waals surface area (Å²) >= 11 is 0. The number of anilines is 1. The molecular weight excluding hydrogens is 364 g/mol. The summed E-state index contributed by atoms with van der Waals surface area (Å²) in [7, 11) is 3.83. The van der Waals surface area contributed by atoms with Gasteiger partial charge in [-0.2, -0.15) is 5.10 Å². The first-order chi connectivity index (χ1) is 14.0.